The number of halogens is 1. The van der Waals surface area contributed by atoms with Gasteiger partial charge in [0, 0.05) is 23.3 Å². The van der Waals surface area contributed by atoms with E-state index in [1.54, 1.807) is 6.20 Å². The van der Waals surface area contributed by atoms with Gasteiger partial charge in [0.2, 0.25) is 5.95 Å². The Morgan fingerprint density at radius 2 is 2.04 bits per heavy atom. The summed E-state index contributed by atoms with van der Waals surface area (Å²) >= 11 is 3.45. The summed E-state index contributed by atoms with van der Waals surface area (Å²) in [5, 5.41) is 0.545. The van der Waals surface area contributed by atoms with E-state index in [9.17, 15) is 4.79 Å². The highest BCUT2D eigenvalue weighted by Gasteiger charge is 2.24. The molecule has 1 aliphatic heterocycles. The number of nitrogens with one attached hydrogen (secondary N) is 1. The molecule has 2 aromatic heterocycles. The standard InChI is InChI=1S/C20H21BrN4O/c1-2-15-5-3-4-12-25(15)20-23-18-17(19(26)24-20)16(10-11-22-18)13-6-8-14(21)9-7-13/h6-11,15H,2-5,12H2,1H3,(H,22,23,24,26). The van der Waals surface area contributed by atoms with E-state index in [2.05, 4.69) is 37.7 Å². The normalized spacial score (nSPS) is 17.6. The van der Waals surface area contributed by atoms with Crippen molar-refractivity contribution in [2.75, 3.05) is 11.4 Å². The van der Waals surface area contributed by atoms with Crippen LogP contribution in [0.15, 0.2) is 45.8 Å². The van der Waals surface area contributed by atoms with E-state index in [1.807, 2.05) is 30.3 Å². The van der Waals surface area contributed by atoms with E-state index in [1.165, 1.54) is 6.42 Å². The maximum Gasteiger partial charge on any atom is 0.262 e. The van der Waals surface area contributed by atoms with Gasteiger partial charge in [-0.15, -0.1) is 0 Å². The lowest BCUT2D eigenvalue weighted by molar-refractivity contribution is 0.443. The number of benzene rings is 1. The smallest absolute Gasteiger partial charge is 0.262 e. The molecule has 6 heteroatoms. The monoisotopic (exact) mass is 412 g/mol. The summed E-state index contributed by atoms with van der Waals surface area (Å²) < 4.78 is 1.00. The molecule has 26 heavy (non-hydrogen) atoms. The first kappa shape index (κ1) is 17.2. The summed E-state index contributed by atoms with van der Waals surface area (Å²) in [6.07, 6.45) is 6.28. The third-order valence-corrected chi connectivity index (χ3v) is 5.65. The number of rotatable bonds is 3. The zero-order chi connectivity index (χ0) is 18.1. The second-order valence-electron chi connectivity index (χ2n) is 6.70. The fraction of sp³-hybridized carbons (Fsp3) is 0.350. The van der Waals surface area contributed by atoms with Crippen LogP contribution in [-0.2, 0) is 0 Å². The first-order valence-electron chi connectivity index (χ1n) is 9.09. The third kappa shape index (κ3) is 3.14. The van der Waals surface area contributed by atoms with E-state index < -0.39 is 0 Å². The van der Waals surface area contributed by atoms with Crippen LogP contribution < -0.4 is 10.5 Å². The van der Waals surface area contributed by atoms with Crippen LogP contribution in [0, 0.1) is 0 Å². The fourth-order valence-electron chi connectivity index (χ4n) is 3.76. The number of aromatic nitrogens is 3. The van der Waals surface area contributed by atoms with Gasteiger partial charge in [0.25, 0.3) is 5.56 Å². The molecule has 0 amide bonds. The molecule has 1 aromatic carbocycles. The van der Waals surface area contributed by atoms with Gasteiger partial charge in [0.15, 0.2) is 5.65 Å². The van der Waals surface area contributed by atoms with Crippen molar-refractivity contribution in [3.05, 3.63) is 51.4 Å². The summed E-state index contributed by atoms with van der Waals surface area (Å²) in [7, 11) is 0. The van der Waals surface area contributed by atoms with Crippen molar-refractivity contribution in [1.29, 1.82) is 0 Å². The van der Waals surface area contributed by atoms with Crippen molar-refractivity contribution in [3.8, 4) is 11.1 Å². The molecule has 3 heterocycles. The van der Waals surface area contributed by atoms with E-state index in [-0.39, 0.29) is 5.56 Å². The molecule has 0 aliphatic carbocycles. The minimum Gasteiger partial charge on any atom is -0.339 e. The summed E-state index contributed by atoms with van der Waals surface area (Å²) in [5.74, 6) is 0.648. The fourth-order valence-corrected chi connectivity index (χ4v) is 4.03. The highest BCUT2D eigenvalue weighted by atomic mass is 79.9. The van der Waals surface area contributed by atoms with Crippen molar-refractivity contribution in [2.45, 2.75) is 38.6 Å². The molecule has 4 rings (SSSR count). The number of fused-ring (bicyclic) bond motifs is 1. The van der Waals surface area contributed by atoms with Crippen LogP contribution >= 0.6 is 15.9 Å². The molecule has 3 aromatic rings. The number of H-pyrrole nitrogens is 1. The van der Waals surface area contributed by atoms with Crippen LogP contribution in [-0.4, -0.2) is 27.5 Å². The van der Waals surface area contributed by atoms with Crippen molar-refractivity contribution >= 4 is 32.9 Å². The van der Waals surface area contributed by atoms with Crippen molar-refractivity contribution in [2.24, 2.45) is 0 Å². The summed E-state index contributed by atoms with van der Waals surface area (Å²) in [5.41, 5.74) is 2.21. The molecule has 0 bridgehead atoms. The Balaban J connectivity index is 1.84. The molecule has 1 saturated heterocycles. The minimum absolute atomic E-state index is 0.128. The van der Waals surface area contributed by atoms with Crippen LogP contribution in [0.2, 0.25) is 0 Å². The molecule has 1 atom stereocenters. The average Bonchev–Trinajstić information content (AvgIpc) is 2.68. The van der Waals surface area contributed by atoms with Crippen LogP contribution in [0.25, 0.3) is 22.2 Å². The Kier molecular flexibility index (Phi) is 4.76. The molecule has 0 saturated carbocycles. The second-order valence-corrected chi connectivity index (χ2v) is 7.62. The number of hydrogen-bond donors (Lipinski definition) is 1. The first-order chi connectivity index (χ1) is 12.7. The second kappa shape index (κ2) is 7.19. The van der Waals surface area contributed by atoms with Crippen molar-refractivity contribution in [3.63, 3.8) is 0 Å². The van der Waals surface area contributed by atoms with E-state index in [0.717, 1.165) is 41.4 Å². The van der Waals surface area contributed by atoms with Crippen LogP contribution in [0.4, 0.5) is 5.95 Å². The lowest BCUT2D eigenvalue weighted by atomic mass is 10.0. The predicted molar refractivity (Wildman–Crippen MR) is 109 cm³/mol. The number of piperidine rings is 1. The van der Waals surface area contributed by atoms with E-state index >= 15 is 0 Å². The predicted octanol–water partition coefficient (Wildman–Crippen LogP) is 4.52. The maximum absolute atomic E-state index is 12.9. The lowest BCUT2D eigenvalue weighted by Crippen LogP contribution is -2.41. The molecule has 0 radical (unpaired) electrons. The highest BCUT2D eigenvalue weighted by molar-refractivity contribution is 9.10. The van der Waals surface area contributed by atoms with Gasteiger partial charge >= 0.3 is 0 Å². The number of pyridine rings is 1. The van der Waals surface area contributed by atoms with Gasteiger partial charge in [-0.05, 0) is 55.0 Å². The summed E-state index contributed by atoms with van der Waals surface area (Å²) in [6.45, 7) is 3.12. The quantitative estimate of drug-likeness (QED) is 0.686. The van der Waals surface area contributed by atoms with Gasteiger partial charge in [-0.3, -0.25) is 9.78 Å². The summed E-state index contributed by atoms with van der Waals surface area (Å²) in [4.78, 5) is 27.3. The molecule has 1 aliphatic rings. The number of anilines is 1. The zero-order valence-corrected chi connectivity index (χ0v) is 16.3. The zero-order valence-electron chi connectivity index (χ0n) is 14.7. The number of hydrogen-bond acceptors (Lipinski definition) is 4. The topological polar surface area (TPSA) is 61.9 Å². The van der Waals surface area contributed by atoms with Gasteiger partial charge in [-0.1, -0.05) is 35.0 Å². The Hall–Kier alpha value is -2.21. The molecule has 1 fully saturated rings. The molecule has 5 nitrogen and oxygen atoms in total. The number of nitrogens with zero attached hydrogens (tertiary/aromatic N) is 3. The van der Waals surface area contributed by atoms with Gasteiger partial charge in [-0.2, -0.15) is 4.98 Å². The van der Waals surface area contributed by atoms with Gasteiger partial charge in [-0.25, -0.2) is 4.98 Å². The molecule has 0 spiro atoms. The van der Waals surface area contributed by atoms with Gasteiger partial charge < -0.3 is 4.90 Å². The molecular formula is C20H21BrN4O. The van der Waals surface area contributed by atoms with Gasteiger partial charge in [0.1, 0.15) is 0 Å². The summed E-state index contributed by atoms with van der Waals surface area (Å²) in [6, 6.07) is 10.2. The lowest BCUT2D eigenvalue weighted by Gasteiger charge is -2.35. The SMILES string of the molecule is CCC1CCCCN1c1nc2nccc(-c3ccc(Br)cc3)c2c(=O)[nH]1. The van der Waals surface area contributed by atoms with E-state index in [0.29, 0.717) is 23.0 Å². The molecular weight excluding hydrogens is 392 g/mol. The maximum atomic E-state index is 12.9. The van der Waals surface area contributed by atoms with Crippen LogP contribution in [0.1, 0.15) is 32.6 Å². The van der Waals surface area contributed by atoms with Crippen LogP contribution in [0.3, 0.4) is 0 Å². The Bertz CT molecular complexity index is 983. The number of aromatic amines is 1. The molecule has 1 N–H and O–H groups in total. The minimum atomic E-state index is -0.128. The molecule has 134 valence electrons. The Morgan fingerprint density at radius 3 is 2.81 bits per heavy atom. The Labute approximate surface area is 160 Å². The largest absolute Gasteiger partial charge is 0.339 e. The Morgan fingerprint density at radius 1 is 1.23 bits per heavy atom. The van der Waals surface area contributed by atoms with Crippen molar-refractivity contribution in [1.82, 2.24) is 15.0 Å². The van der Waals surface area contributed by atoms with Gasteiger partial charge in [0.05, 0.1) is 5.39 Å². The third-order valence-electron chi connectivity index (χ3n) is 5.12. The average molecular weight is 413 g/mol. The molecule has 1 unspecified atom stereocenters. The highest BCUT2D eigenvalue weighted by Crippen LogP contribution is 2.28. The van der Waals surface area contributed by atoms with Crippen LogP contribution in [0.5, 0.6) is 0 Å². The van der Waals surface area contributed by atoms with E-state index in [4.69, 9.17) is 4.98 Å². The van der Waals surface area contributed by atoms with Crippen molar-refractivity contribution < 1.29 is 0 Å². The first-order valence-corrected chi connectivity index (χ1v) is 9.88.